The number of carbonyl (C=O) groups excluding carboxylic acids is 3. The summed E-state index contributed by atoms with van der Waals surface area (Å²) in [5, 5.41) is 2.96. The Morgan fingerprint density at radius 2 is 1.83 bits per heavy atom. The zero-order valence-electron chi connectivity index (χ0n) is 21.8. The number of nitrogens with one attached hydrogen (secondary N) is 1. The van der Waals surface area contributed by atoms with Crippen LogP contribution in [-0.4, -0.2) is 81.4 Å². The molecule has 1 aromatic rings. The molecule has 1 saturated heterocycles. The number of benzene rings is 1. The fourth-order valence-electron chi connectivity index (χ4n) is 4.89. The Balaban J connectivity index is 2.09. The minimum atomic E-state index is -0.801. The van der Waals surface area contributed by atoms with Gasteiger partial charge in [0.2, 0.25) is 0 Å². The number of rotatable bonds is 10. The maximum Gasteiger partial charge on any atom is 0.338 e. The van der Waals surface area contributed by atoms with E-state index in [-0.39, 0.29) is 24.5 Å². The Morgan fingerprint density at radius 1 is 1.08 bits per heavy atom. The Bertz CT molecular complexity index is 994. The van der Waals surface area contributed by atoms with Crippen molar-refractivity contribution < 1.29 is 33.3 Å². The molecular formula is C26H37N3O7. The highest BCUT2D eigenvalue weighted by Gasteiger charge is 2.40. The highest BCUT2D eigenvalue weighted by atomic mass is 16.5. The molecule has 3 rings (SSSR count). The van der Waals surface area contributed by atoms with E-state index < -0.39 is 12.0 Å². The summed E-state index contributed by atoms with van der Waals surface area (Å²) in [6.45, 7) is 7.82. The van der Waals surface area contributed by atoms with Gasteiger partial charge in [-0.15, -0.1) is 0 Å². The van der Waals surface area contributed by atoms with E-state index >= 15 is 0 Å². The number of methoxy groups -OCH3 is 2. The molecule has 10 heteroatoms. The summed E-state index contributed by atoms with van der Waals surface area (Å²) in [4.78, 5) is 42.7. The van der Waals surface area contributed by atoms with Crippen molar-refractivity contribution in [2.24, 2.45) is 5.92 Å². The molecule has 1 N–H and O–H groups in total. The molecule has 2 amide bonds. The number of ether oxygens (including phenoxy) is 4. The number of carbonyl (C=O) groups is 3. The maximum absolute atomic E-state index is 13.4. The summed E-state index contributed by atoms with van der Waals surface area (Å²) in [6, 6.07) is 4.21. The third-order valence-corrected chi connectivity index (χ3v) is 6.49. The average Bonchev–Trinajstić information content (AvgIpc) is 2.88. The first-order valence-electron chi connectivity index (χ1n) is 12.5. The van der Waals surface area contributed by atoms with Crippen LogP contribution in [0.15, 0.2) is 29.5 Å². The Hall–Kier alpha value is -3.27. The Morgan fingerprint density at radius 3 is 2.47 bits per heavy atom. The van der Waals surface area contributed by atoms with Gasteiger partial charge < -0.3 is 24.3 Å². The van der Waals surface area contributed by atoms with Gasteiger partial charge in [-0.25, -0.2) is 9.59 Å². The summed E-state index contributed by atoms with van der Waals surface area (Å²) < 4.78 is 21.8. The van der Waals surface area contributed by atoms with Gasteiger partial charge in [-0.1, -0.05) is 12.1 Å². The first kappa shape index (κ1) is 27.3. The van der Waals surface area contributed by atoms with E-state index in [0.29, 0.717) is 54.6 Å². The fourth-order valence-corrected chi connectivity index (χ4v) is 4.89. The molecule has 0 aromatic heterocycles. The number of piperidine rings is 1. The van der Waals surface area contributed by atoms with Crippen molar-refractivity contribution in [3.8, 4) is 11.5 Å². The quantitative estimate of drug-likeness (QED) is 0.486. The number of urea groups is 1. The SMILES string of the molecule is CCOC(=O)C1=C(CN2CCC[C@@H](C(=O)OCC)C2)N(CC)C(=O)N[C@H]1c1cccc(OC)c1OC. The third-order valence-electron chi connectivity index (χ3n) is 6.49. The predicted molar refractivity (Wildman–Crippen MR) is 133 cm³/mol. The van der Waals surface area contributed by atoms with Gasteiger partial charge in [-0.05, 0) is 46.2 Å². The monoisotopic (exact) mass is 503 g/mol. The summed E-state index contributed by atoms with van der Waals surface area (Å²) in [5.41, 5.74) is 1.48. The van der Waals surface area contributed by atoms with Crippen LogP contribution in [0.4, 0.5) is 4.79 Å². The van der Waals surface area contributed by atoms with Crippen molar-refractivity contribution in [2.75, 3.05) is 53.6 Å². The van der Waals surface area contributed by atoms with Crippen molar-refractivity contribution >= 4 is 18.0 Å². The molecule has 2 atom stereocenters. The second-order valence-corrected chi connectivity index (χ2v) is 8.62. The molecule has 0 aliphatic carbocycles. The Kier molecular flexibility index (Phi) is 9.58. The van der Waals surface area contributed by atoms with Gasteiger partial charge in [0.15, 0.2) is 11.5 Å². The second-order valence-electron chi connectivity index (χ2n) is 8.62. The number of likely N-dealkylation sites (N-methyl/N-ethyl adjacent to an activating group) is 1. The van der Waals surface area contributed by atoms with Crippen LogP contribution >= 0.6 is 0 Å². The van der Waals surface area contributed by atoms with Crippen molar-refractivity contribution in [1.29, 1.82) is 0 Å². The minimum absolute atomic E-state index is 0.187. The van der Waals surface area contributed by atoms with Crippen LogP contribution in [0.5, 0.6) is 11.5 Å². The third kappa shape index (κ3) is 5.75. The van der Waals surface area contributed by atoms with E-state index in [9.17, 15) is 14.4 Å². The van der Waals surface area contributed by atoms with Gasteiger partial charge in [0.1, 0.15) is 0 Å². The number of likely N-dealkylation sites (tertiary alicyclic amines) is 1. The Labute approximate surface area is 212 Å². The molecule has 0 unspecified atom stereocenters. The van der Waals surface area contributed by atoms with Crippen molar-refractivity contribution in [3.63, 3.8) is 0 Å². The molecule has 2 heterocycles. The zero-order chi connectivity index (χ0) is 26.2. The standard InChI is InChI=1S/C26H37N3O7/c1-6-29-19(16-28-14-10-11-17(15-28)24(30)35-7-2)21(25(31)36-8-3)22(27-26(29)32)18-12-9-13-20(33-4)23(18)34-5/h9,12-13,17,22H,6-8,10-11,14-16H2,1-5H3,(H,27,32)/t17-,22+/m1/s1. The van der Waals surface area contributed by atoms with E-state index in [4.69, 9.17) is 18.9 Å². The molecule has 0 radical (unpaired) electrons. The summed E-state index contributed by atoms with van der Waals surface area (Å²) in [5.74, 6) is -0.0570. The molecule has 2 aliphatic heterocycles. The molecule has 0 saturated carbocycles. The van der Waals surface area contributed by atoms with E-state index in [0.717, 1.165) is 19.4 Å². The normalized spacial score (nSPS) is 20.6. The zero-order valence-corrected chi connectivity index (χ0v) is 21.8. The predicted octanol–water partition coefficient (Wildman–Crippen LogP) is 2.88. The first-order valence-corrected chi connectivity index (χ1v) is 12.5. The van der Waals surface area contributed by atoms with E-state index in [2.05, 4.69) is 10.2 Å². The molecule has 1 aromatic carbocycles. The summed E-state index contributed by atoms with van der Waals surface area (Å²) in [7, 11) is 3.05. The molecule has 36 heavy (non-hydrogen) atoms. The van der Waals surface area contributed by atoms with Gasteiger partial charge in [0.05, 0.1) is 45.0 Å². The first-order chi connectivity index (χ1) is 17.4. The van der Waals surface area contributed by atoms with E-state index in [1.165, 1.54) is 14.2 Å². The van der Waals surface area contributed by atoms with Crippen LogP contribution in [0.2, 0.25) is 0 Å². The summed E-state index contributed by atoms with van der Waals surface area (Å²) in [6.07, 6.45) is 1.57. The molecular weight excluding hydrogens is 466 g/mol. The van der Waals surface area contributed by atoms with E-state index in [1.54, 1.807) is 36.9 Å². The number of amides is 2. The van der Waals surface area contributed by atoms with Crippen LogP contribution in [-0.2, 0) is 19.1 Å². The number of hydrogen-bond donors (Lipinski definition) is 1. The number of esters is 2. The lowest BCUT2D eigenvalue weighted by atomic mass is 9.92. The molecule has 1 fully saturated rings. The number of nitrogens with zero attached hydrogens (tertiary/aromatic N) is 2. The van der Waals surface area contributed by atoms with Gasteiger partial charge in [0.25, 0.3) is 0 Å². The van der Waals surface area contributed by atoms with Gasteiger partial charge in [-0.3, -0.25) is 14.6 Å². The molecule has 0 spiro atoms. The second kappa shape index (κ2) is 12.6. The maximum atomic E-state index is 13.4. The summed E-state index contributed by atoms with van der Waals surface area (Å²) >= 11 is 0. The topological polar surface area (TPSA) is 107 Å². The number of para-hydroxylation sites is 1. The van der Waals surface area contributed by atoms with Crippen LogP contribution in [0.3, 0.4) is 0 Å². The lowest BCUT2D eigenvalue weighted by Crippen LogP contribution is -2.52. The van der Waals surface area contributed by atoms with Crippen LogP contribution in [0.25, 0.3) is 0 Å². The van der Waals surface area contributed by atoms with Gasteiger partial charge in [0, 0.05) is 30.9 Å². The largest absolute Gasteiger partial charge is 0.493 e. The van der Waals surface area contributed by atoms with Crippen LogP contribution in [0.1, 0.15) is 45.2 Å². The van der Waals surface area contributed by atoms with Gasteiger partial charge in [-0.2, -0.15) is 0 Å². The molecule has 2 aliphatic rings. The highest BCUT2D eigenvalue weighted by Crippen LogP contribution is 2.40. The van der Waals surface area contributed by atoms with Crippen LogP contribution in [0, 0.1) is 5.92 Å². The highest BCUT2D eigenvalue weighted by molar-refractivity contribution is 5.95. The fraction of sp³-hybridized carbons (Fsp3) is 0.577. The lowest BCUT2D eigenvalue weighted by Gasteiger charge is -2.40. The van der Waals surface area contributed by atoms with Crippen molar-refractivity contribution in [1.82, 2.24) is 15.1 Å². The molecule has 10 nitrogen and oxygen atoms in total. The average molecular weight is 504 g/mol. The van der Waals surface area contributed by atoms with Crippen molar-refractivity contribution in [3.05, 3.63) is 35.0 Å². The molecule has 0 bridgehead atoms. The van der Waals surface area contributed by atoms with Crippen molar-refractivity contribution in [2.45, 2.75) is 39.7 Å². The van der Waals surface area contributed by atoms with E-state index in [1.807, 2.05) is 6.92 Å². The van der Waals surface area contributed by atoms with Gasteiger partial charge >= 0.3 is 18.0 Å². The lowest BCUT2D eigenvalue weighted by molar-refractivity contribution is -0.150. The number of hydrogen-bond acceptors (Lipinski definition) is 8. The van der Waals surface area contributed by atoms with Crippen LogP contribution < -0.4 is 14.8 Å². The smallest absolute Gasteiger partial charge is 0.338 e. The minimum Gasteiger partial charge on any atom is -0.493 e. The molecule has 198 valence electrons.